The molecule has 0 aromatic heterocycles. The van der Waals surface area contributed by atoms with E-state index in [0.717, 1.165) is 12.1 Å². The lowest BCUT2D eigenvalue weighted by Gasteiger charge is -2.11. The average Bonchev–Trinajstić information content (AvgIpc) is 2.42. The van der Waals surface area contributed by atoms with Crippen LogP contribution in [0.3, 0.4) is 0 Å². The number of unbranched alkanes of at least 4 members (excludes halogenated alkanes) is 1. The van der Waals surface area contributed by atoms with E-state index in [1.54, 1.807) is 6.08 Å². The van der Waals surface area contributed by atoms with Crippen LogP contribution in [0.5, 0.6) is 5.75 Å². The molecule has 0 bridgehead atoms. The maximum atomic E-state index is 12.6. The molecule has 0 aliphatic carbocycles. The molecule has 0 aliphatic rings. The molecule has 0 atom stereocenters. The van der Waals surface area contributed by atoms with Crippen molar-refractivity contribution in [1.82, 2.24) is 0 Å². The summed E-state index contributed by atoms with van der Waals surface area (Å²) in [6.07, 6.45) is -0.295. The van der Waals surface area contributed by atoms with Crippen LogP contribution in [0.4, 0.5) is 13.2 Å². The van der Waals surface area contributed by atoms with Crippen molar-refractivity contribution in [2.24, 2.45) is 0 Å². The third kappa shape index (κ3) is 6.36. The fraction of sp³-hybridized carbons (Fsp3) is 0.357. The molecule has 0 heterocycles. The molecule has 0 N–H and O–H groups in total. The van der Waals surface area contributed by atoms with Gasteiger partial charge in [0.05, 0.1) is 22.9 Å². The number of carbonyl (C=O) groups excluding carboxylic acids is 1. The standard InChI is InChI=1S/C14H14F3IO3/c1-20-13(19)5-3-2-4-8-21-12-9-10(14(15,16)17)6-7-11(12)18/h3,5-7,9H,2,4,8H2,1H3/b5-3+. The van der Waals surface area contributed by atoms with Gasteiger partial charge in [0, 0.05) is 6.08 Å². The Morgan fingerprint density at radius 3 is 2.71 bits per heavy atom. The first-order chi connectivity index (χ1) is 9.84. The summed E-state index contributed by atoms with van der Waals surface area (Å²) in [6, 6.07) is 3.38. The van der Waals surface area contributed by atoms with Crippen LogP contribution in [0.1, 0.15) is 18.4 Å². The molecular weight excluding hydrogens is 400 g/mol. The maximum absolute atomic E-state index is 12.6. The lowest BCUT2D eigenvalue weighted by atomic mass is 10.2. The van der Waals surface area contributed by atoms with Gasteiger partial charge in [0.1, 0.15) is 5.75 Å². The zero-order valence-electron chi connectivity index (χ0n) is 11.2. The van der Waals surface area contributed by atoms with Crippen molar-refractivity contribution in [3.8, 4) is 5.75 Å². The Bertz CT molecular complexity index is 513. The highest BCUT2D eigenvalue weighted by Crippen LogP contribution is 2.33. The van der Waals surface area contributed by atoms with E-state index in [-0.39, 0.29) is 12.4 Å². The molecule has 1 rings (SSSR count). The molecule has 0 fully saturated rings. The predicted octanol–water partition coefficient (Wildman–Crippen LogP) is 4.20. The molecule has 0 spiro atoms. The second kappa shape index (κ2) is 8.26. The lowest BCUT2D eigenvalue weighted by Crippen LogP contribution is -2.06. The monoisotopic (exact) mass is 414 g/mol. The van der Waals surface area contributed by atoms with Gasteiger partial charge in [-0.15, -0.1) is 0 Å². The van der Waals surface area contributed by atoms with E-state index in [0.29, 0.717) is 16.4 Å². The zero-order valence-corrected chi connectivity index (χ0v) is 13.4. The third-order valence-corrected chi connectivity index (χ3v) is 3.38. The summed E-state index contributed by atoms with van der Waals surface area (Å²) < 4.78 is 48.1. The van der Waals surface area contributed by atoms with E-state index in [4.69, 9.17) is 4.74 Å². The van der Waals surface area contributed by atoms with Gasteiger partial charge in [0.25, 0.3) is 0 Å². The van der Waals surface area contributed by atoms with Crippen LogP contribution in [0, 0.1) is 3.57 Å². The minimum atomic E-state index is -4.38. The number of rotatable bonds is 6. The number of halogens is 4. The normalized spacial score (nSPS) is 11.7. The summed E-state index contributed by atoms with van der Waals surface area (Å²) in [7, 11) is 1.28. The summed E-state index contributed by atoms with van der Waals surface area (Å²) in [5.74, 6) is -0.231. The summed E-state index contributed by atoms with van der Waals surface area (Å²) in [4.78, 5) is 10.8. The zero-order chi connectivity index (χ0) is 15.9. The predicted molar refractivity (Wildman–Crippen MR) is 80.0 cm³/mol. The maximum Gasteiger partial charge on any atom is 0.416 e. The van der Waals surface area contributed by atoms with Crippen molar-refractivity contribution in [3.63, 3.8) is 0 Å². The third-order valence-electron chi connectivity index (χ3n) is 2.49. The number of methoxy groups -OCH3 is 1. The molecule has 0 saturated heterocycles. The van der Waals surface area contributed by atoms with Gasteiger partial charge in [-0.25, -0.2) is 4.79 Å². The van der Waals surface area contributed by atoms with Crippen LogP contribution >= 0.6 is 22.6 Å². The summed E-state index contributed by atoms with van der Waals surface area (Å²) in [5.41, 5.74) is -0.733. The molecule has 0 aliphatic heterocycles. The molecular formula is C14H14F3IO3. The Morgan fingerprint density at radius 2 is 2.10 bits per heavy atom. The van der Waals surface area contributed by atoms with E-state index >= 15 is 0 Å². The highest BCUT2D eigenvalue weighted by atomic mass is 127. The molecule has 0 radical (unpaired) electrons. The quantitative estimate of drug-likeness (QED) is 0.303. The highest BCUT2D eigenvalue weighted by molar-refractivity contribution is 14.1. The van der Waals surface area contributed by atoms with Gasteiger partial charge in [-0.1, -0.05) is 6.08 Å². The molecule has 21 heavy (non-hydrogen) atoms. The Morgan fingerprint density at radius 1 is 1.38 bits per heavy atom. The molecule has 3 nitrogen and oxygen atoms in total. The topological polar surface area (TPSA) is 35.5 Å². The van der Waals surface area contributed by atoms with E-state index in [2.05, 4.69) is 4.74 Å². The average molecular weight is 414 g/mol. The summed E-state index contributed by atoms with van der Waals surface area (Å²) in [5, 5.41) is 0. The van der Waals surface area contributed by atoms with Crippen molar-refractivity contribution < 1.29 is 27.4 Å². The van der Waals surface area contributed by atoms with Crippen LogP contribution in [0.25, 0.3) is 0 Å². The van der Waals surface area contributed by atoms with E-state index in [9.17, 15) is 18.0 Å². The Balaban J connectivity index is 2.49. The smallest absolute Gasteiger partial charge is 0.416 e. The number of benzene rings is 1. The molecule has 0 unspecified atom stereocenters. The Kier molecular flexibility index (Phi) is 7.00. The first kappa shape index (κ1) is 17.8. The van der Waals surface area contributed by atoms with Gasteiger partial charge in [-0.05, 0) is 53.6 Å². The van der Waals surface area contributed by atoms with E-state index in [1.165, 1.54) is 19.3 Å². The number of allylic oxidation sites excluding steroid dienone is 1. The number of hydrogen-bond acceptors (Lipinski definition) is 3. The summed E-state index contributed by atoms with van der Waals surface area (Å²) in [6.45, 7) is 0.267. The molecule has 1 aromatic carbocycles. The first-order valence-corrected chi connectivity index (χ1v) is 7.16. The Hall–Kier alpha value is -1.25. The van der Waals surface area contributed by atoms with E-state index < -0.39 is 17.7 Å². The number of carbonyl (C=O) groups is 1. The SMILES string of the molecule is COC(=O)/C=C/CCCOc1cc(C(F)(F)F)ccc1I. The van der Waals surface area contributed by atoms with Gasteiger partial charge < -0.3 is 9.47 Å². The van der Waals surface area contributed by atoms with Crippen LogP contribution < -0.4 is 4.74 Å². The second-order valence-corrected chi connectivity index (χ2v) is 5.22. The lowest BCUT2D eigenvalue weighted by molar-refractivity contribution is -0.137. The summed E-state index contributed by atoms with van der Waals surface area (Å²) >= 11 is 1.92. The second-order valence-electron chi connectivity index (χ2n) is 4.06. The van der Waals surface area contributed by atoms with Crippen molar-refractivity contribution in [2.75, 3.05) is 13.7 Å². The fourth-order valence-corrected chi connectivity index (χ4v) is 1.91. The van der Waals surface area contributed by atoms with Gasteiger partial charge in [-0.3, -0.25) is 0 Å². The molecule has 0 saturated carbocycles. The molecule has 1 aromatic rings. The van der Waals surface area contributed by atoms with Crippen molar-refractivity contribution in [3.05, 3.63) is 39.5 Å². The van der Waals surface area contributed by atoms with Gasteiger partial charge in [0.15, 0.2) is 0 Å². The number of hydrogen-bond donors (Lipinski definition) is 0. The van der Waals surface area contributed by atoms with E-state index in [1.807, 2.05) is 22.6 Å². The number of ether oxygens (including phenoxy) is 2. The van der Waals surface area contributed by atoms with Crippen molar-refractivity contribution in [1.29, 1.82) is 0 Å². The first-order valence-electron chi connectivity index (χ1n) is 6.08. The molecule has 116 valence electrons. The van der Waals surface area contributed by atoms with Crippen LogP contribution in [0.15, 0.2) is 30.4 Å². The van der Waals surface area contributed by atoms with Crippen LogP contribution in [0.2, 0.25) is 0 Å². The largest absolute Gasteiger partial charge is 0.492 e. The van der Waals surface area contributed by atoms with Gasteiger partial charge >= 0.3 is 12.1 Å². The van der Waals surface area contributed by atoms with Crippen LogP contribution in [-0.2, 0) is 15.7 Å². The number of esters is 1. The fourth-order valence-electron chi connectivity index (χ4n) is 1.42. The van der Waals surface area contributed by atoms with Gasteiger partial charge in [0.2, 0.25) is 0 Å². The molecule has 0 amide bonds. The Labute approximate surface area is 134 Å². The molecule has 7 heteroatoms. The van der Waals surface area contributed by atoms with Crippen molar-refractivity contribution in [2.45, 2.75) is 19.0 Å². The van der Waals surface area contributed by atoms with Crippen molar-refractivity contribution >= 4 is 28.6 Å². The highest BCUT2D eigenvalue weighted by Gasteiger charge is 2.31. The minimum Gasteiger partial charge on any atom is -0.492 e. The number of alkyl halides is 3. The van der Waals surface area contributed by atoms with Gasteiger partial charge in [-0.2, -0.15) is 13.2 Å². The van der Waals surface area contributed by atoms with Crippen LogP contribution in [-0.4, -0.2) is 19.7 Å². The minimum absolute atomic E-state index is 0.211.